The average Bonchev–Trinajstić information content (AvgIpc) is 3.11. The third kappa shape index (κ3) is 5.45. The number of rotatable bonds is 5. The van der Waals surface area contributed by atoms with E-state index in [0.717, 1.165) is 5.56 Å². The van der Waals surface area contributed by atoms with Crippen molar-refractivity contribution < 1.29 is 14.3 Å². The Balaban J connectivity index is 2.50. The average molecular weight is 428 g/mol. The van der Waals surface area contributed by atoms with Crippen molar-refractivity contribution >= 4 is 23.3 Å². The van der Waals surface area contributed by atoms with Crippen molar-refractivity contribution in [3.8, 4) is 5.75 Å². The zero-order valence-corrected chi connectivity index (χ0v) is 19.4. The molecule has 0 aliphatic carbocycles. The van der Waals surface area contributed by atoms with Crippen LogP contribution in [0.2, 0.25) is 0 Å². The number of aromatic hydroxyl groups is 1. The molecule has 8 nitrogen and oxygen atoms in total. The predicted molar refractivity (Wildman–Crippen MR) is 124 cm³/mol. The maximum Gasteiger partial charge on any atom is 0.257 e. The number of hydrogen-bond donors (Lipinski definition) is 3. The van der Waals surface area contributed by atoms with E-state index in [1.165, 1.54) is 4.90 Å². The first-order valence-electron chi connectivity index (χ1n) is 10.2. The van der Waals surface area contributed by atoms with Gasteiger partial charge < -0.3 is 25.9 Å². The lowest BCUT2D eigenvalue weighted by atomic mass is 9.82. The van der Waals surface area contributed by atoms with E-state index in [9.17, 15) is 9.90 Å². The number of phenolic OH excluding ortho intramolecular Hbond substituents is 1. The number of aliphatic imine (C=N–C) groups is 2. The van der Waals surface area contributed by atoms with Crippen LogP contribution in [0.3, 0.4) is 0 Å². The van der Waals surface area contributed by atoms with Crippen LogP contribution in [0.1, 0.15) is 67.4 Å². The van der Waals surface area contributed by atoms with Gasteiger partial charge in [0.1, 0.15) is 17.5 Å². The highest BCUT2D eigenvalue weighted by atomic mass is 16.3. The number of hydrogen-bond acceptors (Lipinski definition) is 5. The molecule has 1 amide bonds. The van der Waals surface area contributed by atoms with Gasteiger partial charge in [0.2, 0.25) is 0 Å². The van der Waals surface area contributed by atoms with E-state index < -0.39 is 0 Å². The zero-order valence-electron chi connectivity index (χ0n) is 19.4. The Labute approximate surface area is 183 Å². The molecular formula is C23H33N5O3. The molecule has 0 saturated heterocycles. The summed E-state index contributed by atoms with van der Waals surface area (Å²) < 4.78 is 5.52. The second kappa shape index (κ2) is 9.24. The Hall–Kier alpha value is -3.29. The highest BCUT2D eigenvalue weighted by molar-refractivity contribution is 6.39. The predicted octanol–water partition coefficient (Wildman–Crippen LogP) is 3.79. The van der Waals surface area contributed by atoms with Crippen LogP contribution < -0.4 is 11.5 Å². The van der Waals surface area contributed by atoms with Gasteiger partial charge in [0.15, 0.2) is 17.4 Å². The molecule has 168 valence electrons. The summed E-state index contributed by atoms with van der Waals surface area (Å²) in [5, 5.41) is 10.9. The van der Waals surface area contributed by atoms with Gasteiger partial charge in [0.25, 0.3) is 5.91 Å². The molecule has 0 aliphatic heterocycles. The summed E-state index contributed by atoms with van der Waals surface area (Å²) in [7, 11) is 3.26. The molecule has 1 aromatic heterocycles. The van der Waals surface area contributed by atoms with Crippen molar-refractivity contribution in [2.45, 2.75) is 52.5 Å². The van der Waals surface area contributed by atoms with Gasteiger partial charge >= 0.3 is 0 Å². The van der Waals surface area contributed by atoms with Crippen LogP contribution >= 0.6 is 0 Å². The van der Waals surface area contributed by atoms with Gasteiger partial charge in [-0.05, 0) is 42.0 Å². The lowest BCUT2D eigenvalue weighted by Gasteiger charge is -2.25. The highest BCUT2D eigenvalue weighted by Gasteiger charge is 2.27. The Kier molecular flexibility index (Phi) is 7.15. The van der Waals surface area contributed by atoms with Gasteiger partial charge in [0, 0.05) is 14.1 Å². The lowest BCUT2D eigenvalue weighted by Crippen LogP contribution is -2.31. The molecule has 0 radical (unpaired) electrons. The molecule has 31 heavy (non-hydrogen) atoms. The molecule has 2 rings (SSSR count). The second-order valence-corrected chi connectivity index (χ2v) is 8.77. The first-order valence-corrected chi connectivity index (χ1v) is 10.2. The minimum absolute atomic E-state index is 0.0284. The molecule has 0 bridgehead atoms. The molecule has 2 aromatic rings. The first-order chi connectivity index (χ1) is 14.4. The van der Waals surface area contributed by atoms with Gasteiger partial charge in [-0.25, -0.2) is 4.99 Å². The van der Waals surface area contributed by atoms with Gasteiger partial charge in [-0.3, -0.25) is 9.79 Å². The number of amides is 1. The van der Waals surface area contributed by atoms with Crippen molar-refractivity contribution in [1.82, 2.24) is 4.90 Å². The fourth-order valence-electron chi connectivity index (χ4n) is 3.14. The number of carbonyl (C=O) groups is 1. The van der Waals surface area contributed by atoms with Crippen LogP contribution in [0.25, 0.3) is 0 Å². The summed E-state index contributed by atoms with van der Waals surface area (Å²) >= 11 is 0. The molecular weight excluding hydrogens is 394 g/mol. The third-order valence-electron chi connectivity index (χ3n) is 4.85. The quantitative estimate of drug-likeness (QED) is 0.493. The number of nitrogens with two attached hydrogens (primary N) is 2. The standard InChI is InChI=1S/C23H33N5O3/c1-8-15(17-11-13(2)12-31-17)26-20(24)21(25)27-16-10-9-14(23(3,4)5)18(19(16)29)22(30)28(6)7/h9-12,15,29H,8H2,1-7H3,(H2,24,26)(H2,25,27)/t15-/m1/s1. The Morgan fingerprint density at radius 2 is 1.87 bits per heavy atom. The summed E-state index contributed by atoms with van der Waals surface area (Å²) in [6.45, 7) is 9.80. The maximum atomic E-state index is 12.8. The number of aryl methyl sites for hydroxylation is 1. The van der Waals surface area contributed by atoms with Crippen LogP contribution in [0.5, 0.6) is 5.75 Å². The number of amidine groups is 2. The number of phenols is 1. The number of nitrogens with zero attached hydrogens (tertiary/aromatic N) is 3. The minimum atomic E-state index is -0.359. The molecule has 8 heteroatoms. The summed E-state index contributed by atoms with van der Waals surface area (Å²) in [5.74, 6) is 0.103. The van der Waals surface area contributed by atoms with Crippen LogP contribution in [-0.2, 0) is 5.41 Å². The van der Waals surface area contributed by atoms with Crippen LogP contribution in [-0.4, -0.2) is 41.7 Å². The van der Waals surface area contributed by atoms with Crippen molar-refractivity contribution in [3.05, 3.63) is 46.9 Å². The third-order valence-corrected chi connectivity index (χ3v) is 4.85. The summed E-state index contributed by atoms with van der Waals surface area (Å²) in [5.41, 5.74) is 13.8. The molecule has 1 atom stereocenters. The van der Waals surface area contributed by atoms with Crippen LogP contribution in [0.15, 0.2) is 38.9 Å². The van der Waals surface area contributed by atoms with E-state index >= 15 is 0 Å². The number of furan rings is 1. The number of carbonyl (C=O) groups excluding carboxylic acids is 1. The first kappa shape index (κ1) is 24.0. The smallest absolute Gasteiger partial charge is 0.257 e. The minimum Gasteiger partial charge on any atom is -0.505 e. The second-order valence-electron chi connectivity index (χ2n) is 8.77. The van der Waals surface area contributed by atoms with Crippen molar-refractivity contribution in [2.75, 3.05) is 14.1 Å². The maximum absolute atomic E-state index is 12.8. The molecule has 0 spiro atoms. The fraction of sp³-hybridized carbons (Fsp3) is 0.435. The Bertz CT molecular complexity index is 1010. The van der Waals surface area contributed by atoms with Gasteiger partial charge in [-0.1, -0.05) is 33.8 Å². The van der Waals surface area contributed by atoms with E-state index in [4.69, 9.17) is 15.9 Å². The monoisotopic (exact) mass is 427 g/mol. The summed E-state index contributed by atoms with van der Waals surface area (Å²) in [4.78, 5) is 22.9. The van der Waals surface area contributed by atoms with Gasteiger partial charge in [-0.15, -0.1) is 0 Å². The largest absolute Gasteiger partial charge is 0.505 e. The SMILES string of the molecule is CC[C@@H](N=C(N)C(N)=Nc1ccc(C(C)(C)C)c(C(=O)N(C)C)c1O)c1cc(C)co1. The van der Waals surface area contributed by atoms with E-state index in [1.54, 1.807) is 32.5 Å². The molecule has 5 N–H and O–H groups in total. The lowest BCUT2D eigenvalue weighted by molar-refractivity contribution is 0.0822. The Morgan fingerprint density at radius 1 is 1.23 bits per heavy atom. The Morgan fingerprint density at radius 3 is 2.35 bits per heavy atom. The molecule has 0 unspecified atom stereocenters. The van der Waals surface area contributed by atoms with Crippen molar-refractivity contribution in [3.63, 3.8) is 0 Å². The zero-order chi connectivity index (χ0) is 23.5. The van der Waals surface area contributed by atoms with Gasteiger partial charge in [0.05, 0.1) is 11.8 Å². The topological polar surface area (TPSA) is 130 Å². The van der Waals surface area contributed by atoms with E-state index in [2.05, 4.69) is 9.98 Å². The van der Waals surface area contributed by atoms with E-state index in [0.29, 0.717) is 17.7 Å². The van der Waals surface area contributed by atoms with Crippen molar-refractivity contribution in [2.24, 2.45) is 21.5 Å². The fourth-order valence-corrected chi connectivity index (χ4v) is 3.14. The summed E-state index contributed by atoms with van der Waals surface area (Å²) in [6, 6.07) is 4.99. The van der Waals surface area contributed by atoms with Crippen LogP contribution in [0.4, 0.5) is 5.69 Å². The number of benzene rings is 1. The molecule has 0 saturated carbocycles. The summed E-state index contributed by atoms with van der Waals surface area (Å²) in [6.07, 6.45) is 2.31. The van der Waals surface area contributed by atoms with E-state index in [1.807, 2.05) is 40.7 Å². The molecule has 0 aliphatic rings. The molecule has 0 fully saturated rings. The van der Waals surface area contributed by atoms with Crippen molar-refractivity contribution in [1.29, 1.82) is 0 Å². The molecule has 1 aromatic carbocycles. The van der Waals surface area contributed by atoms with E-state index in [-0.39, 0.29) is 46.0 Å². The molecule has 1 heterocycles. The van der Waals surface area contributed by atoms with Gasteiger partial charge in [-0.2, -0.15) is 0 Å². The highest BCUT2D eigenvalue weighted by Crippen LogP contribution is 2.38. The normalized spacial score (nSPS) is 13.9. The van der Waals surface area contributed by atoms with Crippen LogP contribution in [0, 0.1) is 6.92 Å².